The van der Waals surface area contributed by atoms with E-state index in [0.717, 1.165) is 17.8 Å². The highest BCUT2D eigenvalue weighted by Gasteiger charge is 1.93. The molecule has 0 saturated heterocycles. The molecule has 0 heterocycles. The molecule has 1 heteroatoms. The first-order valence-corrected chi connectivity index (χ1v) is 5.06. The minimum atomic E-state index is 0.948. The first-order chi connectivity index (χ1) is 6.63. The van der Waals surface area contributed by atoms with Crippen LogP contribution < -0.4 is 5.32 Å². The predicted octanol–water partition coefficient (Wildman–Crippen LogP) is 3.93. The van der Waals surface area contributed by atoms with E-state index in [2.05, 4.69) is 37.9 Å². The molecule has 0 aromatic heterocycles. The monoisotopic (exact) mass is 191 g/mol. The van der Waals surface area contributed by atoms with Gasteiger partial charge in [-0.3, -0.25) is 0 Å². The molecule has 0 aliphatic rings. The molecule has 0 aromatic rings. The SMILES string of the molecule is C=C(CC)NC(/C=C\C)=C/C(C)=C\C. The van der Waals surface area contributed by atoms with Crippen molar-refractivity contribution < 1.29 is 0 Å². The van der Waals surface area contributed by atoms with E-state index in [9.17, 15) is 0 Å². The molecule has 0 radical (unpaired) electrons. The van der Waals surface area contributed by atoms with Crippen LogP contribution >= 0.6 is 0 Å². The Kier molecular flexibility index (Phi) is 6.55. The standard InChI is InChI=1S/C13H21N/c1-6-9-13(10-11(4)7-2)14-12(5)8-3/h6-7,9-10,14H,5,8H2,1-4H3/b9-6-,11-7-,13-10+. The fourth-order valence-corrected chi connectivity index (χ4v) is 0.927. The smallest absolute Gasteiger partial charge is 0.0380 e. The average Bonchev–Trinajstić information content (AvgIpc) is 2.17. The van der Waals surface area contributed by atoms with Crippen molar-refractivity contribution >= 4 is 0 Å². The molecule has 0 aromatic carbocycles. The van der Waals surface area contributed by atoms with Gasteiger partial charge < -0.3 is 5.32 Å². The highest BCUT2D eigenvalue weighted by molar-refractivity contribution is 5.29. The second kappa shape index (κ2) is 7.19. The Labute approximate surface area is 87.9 Å². The lowest BCUT2D eigenvalue weighted by molar-refractivity contribution is 0.917. The summed E-state index contributed by atoms with van der Waals surface area (Å²) in [7, 11) is 0. The van der Waals surface area contributed by atoms with E-state index in [1.807, 2.05) is 26.0 Å². The molecule has 14 heavy (non-hydrogen) atoms. The number of nitrogens with one attached hydrogen (secondary N) is 1. The third-order valence-electron chi connectivity index (χ3n) is 1.93. The van der Waals surface area contributed by atoms with Gasteiger partial charge in [0.05, 0.1) is 0 Å². The molecule has 0 amide bonds. The van der Waals surface area contributed by atoms with Crippen LogP contribution in [0.4, 0.5) is 0 Å². The van der Waals surface area contributed by atoms with Crippen molar-refractivity contribution in [3.05, 3.63) is 47.9 Å². The van der Waals surface area contributed by atoms with Crippen molar-refractivity contribution in [2.45, 2.75) is 34.1 Å². The Balaban J connectivity index is 4.60. The third kappa shape index (κ3) is 5.41. The molecule has 0 rings (SSSR count). The van der Waals surface area contributed by atoms with Crippen LogP contribution in [-0.4, -0.2) is 0 Å². The average molecular weight is 191 g/mol. The van der Waals surface area contributed by atoms with Crippen LogP contribution in [0.1, 0.15) is 34.1 Å². The van der Waals surface area contributed by atoms with Gasteiger partial charge in [-0.05, 0) is 39.3 Å². The molecule has 0 saturated carbocycles. The first-order valence-electron chi connectivity index (χ1n) is 5.06. The van der Waals surface area contributed by atoms with Crippen molar-refractivity contribution in [2.75, 3.05) is 0 Å². The van der Waals surface area contributed by atoms with E-state index in [-0.39, 0.29) is 0 Å². The van der Waals surface area contributed by atoms with Crippen LogP contribution in [0.25, 0.3) is 0 Å². The molecular weight excluding hydrogens is 170 g/mol. The van der Waals surface area contributed by atoms with Crippen LogP contribution in [0.5, 0.6) is 0 Å². The van der Waals surface area contributed by atoms with E-state index >= 15 is 0 Å². The van der Waals surface area contributed by atoms with Crippen molar-refractivity contribution in [3.63, 3.8) is 0 Å². The van der Waals surface area contributed by atoms with Gasteiger partial charge in [-0.25, -0.2) is 0 Å². The molecule has 1 N–H and O–H groups in total. The molecule has 0 aliphatic carbocycles. The maximum Gasteiger partial charge on any atom is 0.0380 e. The molecule has 1 nitrogen and oxygen atoms in total. The Morgan fingerprint density at radius 1 is 1.36 bits per heavy atom. The van der Waals surface area contributed by atoms with Gasteiger partial charge in [0, 0.05) is 11.4 Å². The van der Waals surface area contributed by atoms with E-state index in [4.69, 9.17) is 0 Å². The van der Waals surface area contributed by atoms with Crippen LogP contribution in [0.3, 0.4) is 0 Å². The zero-order valence-corrected chi connectivity index (χ0v) is 9.72. The van der Waals surface area contributed by atoms with Crippen molar-refractivity contribution in [2.24, 2.45) is 0 Å². The molecule has 0 fully saturated rings. The van der Waals surface area contributed by atoms with Crippen molar-refractivity contribution in [1.29, 1.82) is 0 Å². The second-order valence-electron chi connectivity index (χ2n) is 3.21. The lowest BCUT2D eigenvalue weighted by Crippen LogP contribution is -2.09. The van der Waals surface area contributed by atoms with E-state index in [1.54, 1.807) is 0 Å². The van der Waals surface area contributed by atoms with Gasteiger partial charge >= 0.3 is 0 Å². The largest absolute Gasteiger partial charge is 0.359 e. The van der Waals surface area contributed by atoms with Crippen LogP contribution in [0.15, 0.2) is 47.9 Å². The summed E-state index contributed by atoms with van der Waals surface area (Å²) in [6.45, 7) is 12.1. The summed E-state index contributed by atoms with van der Waals surface area (Å²) in [5, 5.41) is 3.27. The second-order valence-corrected chi connectivity index (χ2v) is 3.21. The highest BCUT2D eigenvalue weighted by Crippen LogP contribution is 2.04. The summed E-state index contributed by atoms with van der Waals surface area (Å²) in [5.74, 6) is 0. The summed E-state index contributed by atoms with van der Waals surface area (Å²) in [4.78, 5) is 0. The molecule has 78 valence electrons. The number of hydrogen-bond acceptors (Lipinski definition) is 1. The van der Waals surface area contributed by atoms with Gasteiger partial charge in [-0.2, -0.15) is 0 Å². The number of hydrogen-bond donors (Lipinski definition) is 1. The van der Waals surface area contributed by atoms with Gasteiger partial charge in [0.2, 0.25) is 0 Å². The Hall–Kier alpha value is -1.24. The fourth-order valence-electron chi connectivity index (χ4n) is 0.927. The summed E-state index contributed by atoms with van der Waals surface area (Å²) in [6.07, 6.45) is 9.21. The molecule has 0 unspecified atom stereocenters. The quantitative estimate of drug-likeness (QED) is 0.649. The molecule has 0 spiro atoms. The molecule has 0 bridgehead atoms. The van der Waals surface area contributed by atoms with Crippen molar-refractivity contribution in [1.82, 2.24) is 5.32 Å². The number of allylic oxidation sites excluding steroid dienone is 6. The predicted molar refractivity (Wildman–Crippen MR) is 64.9 cm³/mol. The van der Waals surface area contributed by atoms with Crippen LogP contribution in [-0.2, 0) is 0 Å². The van der Waals surface area contributed by atoms with Gasteiger partial charge in [0.15, 0.2) is 0 Å². The minimum Gasteiger partial charge on any atom is -0.359 e. The van der Waals surface area contributed by atoms with E-state index in [1.165, 1.54) is 5.57 Å². The zero-order chi connectivity index (χ0) is 11.0. The maximum atomic E-state index is 3.92. The lowest BCUT2D eigenvalue weighted by atomic mass is 10.2. The summed E-state index contributed by atoms with van der Waals surface area (Å²) < 4.78 is 0. The van der Waals surface area contributed by atoms with Gasteiger partial charge in [0.25, 0.3) is 0 Å². The van der Waals surface area contributed by atoms with Gasteiger partial charge in [-0.15, -0.1) is 0 Å². The first kappa shape index (κ1) is 12.8. The van der Waals surface area contributed by atoms with Gasteiger partial charge in [-0.1, -0.05) is 31.2 Å². The Bertz CT molecular complexity index is 267. The molecule has 0 atom stereocenters. The zero-order valence-electron chi connectivity index (χ0n) is 9.72. The summed E-state index contributed by atoms with van der Waals surface area (Å²) in [6, 6.07) is 0. The normalized spacial score (nSPS) is 13.4. The Morgan fingerprint density at radius 3 is 2.43 bits per heavy atom. The van der Waals surface area contributed by atoms with Gasteiger partial charge in [0.1, 0.15) is 0 Å². The van der Waals surface area contributed by atoms with Crippen LogP contribution in [0.2, 0.25) is 0 Å². The summed E-state index contributed by atoms with van der Waals surface area (Å²) >= 11 is 0. The topological polar surface area (TPSA) is 12.0 Å². The minimum absolute atomic E-state index is 0.948. The van der Waals surface area contributed by atoms with Crippen molar-refractivity contribution in [3.8, 4) is 0 Å². The lowest BCUT2D eigenvalue weighted by Gasteiger charge is -2.08. The molecule has 0 aliphatic heterocycles. The number of rotatable bonds is 5. The van der Waals surface area contributed by atoms with E-state index in [0.29, 0.717) is 0 Å². The third-order valence-corrected chi connectivity index (χ3v) is 1.93. The molecular formula is C13H21N. The van der Waals surface area contributed by atoms with Crippen LogP contribution in [0, 0.1) is 0 Å². The fraction of sp³-hybridized carbons (Fsp3) is 0.385. The highest BCUT2D eigenvalue weighted by atomic mass is 14.9. The Morgan fingerprint density at radius 2 is 2.00 bits per heavy atom. The van der Waals surface area contributed by atoms with E-state index < -0.39 is 0 Å². The summed E-state index contributed by atoms with van der Waals surface area (Å²) in [5.41, 5.74) is 3.38. The maximum absolute atomic E-state index is 3.92.